The molecule has 1 aromatic heterocycles. The Bertz CT molecular complexity index is 621. The highest BCUT2D eigenvalue weighted by atomic mass is 32.1. The number of hydrogen-bond donors (Lipinski definition) is 2. The monoisotopic (exact) mass is 333 g/mol. The maximum absolute atomic E-state index is 5.44. The zero-order valence-electron chi connectivity index (χ0n) is 13.5. The minimum Gasteiger partial charge on any atom is -0.360 e. The smallest absolute Gasteiger partial charge is 0.170 e. The molecular formula is C17H23N3S2. The van der Waals surface area contributed by atoms with Gasteiger partial charge in [-0.05, 0) is 68.8 Å². The fourth-order valence-corrected chi connectivity index (χ4v) is 3.36. The third kappa shape index (κ3) is 4.53. The second kappa shape index (κ2) is 7.72. The molecule has 0 fully saturated rings. The van der Waals surface area contributed by atoms with Crippen molar-refractivity contribution in [3.8, 4) is 0 Å². The Labute approximate surface area is 142 Å². The molecule has 1 heterocycles. The number of rotatable bonds is 5. The van der Waals surface area contributed by atoms with Gasteiger partial charge in [0.05, 0.1) is 6.04 Å². The Balaban J connectivity index is 1.95. The molecule has 5 heteroatoms. The Hall–Kier alpha value is -1.43. The molecule has 0 saturated carbocycles. The van der Waals surface area contributed by atoms with Gasteiger partial charge in [0.1, 0.15) is 0 Å². The van der Waals surface area contributed by atoms with Gasteiger partial charge in [0.2, 0.25) is 0 Å². The van der Waals surface area contributed by atoms with E-state index in [1.54, 1.807) is 11.3 Å². The maximum atomic E-state index is 5.44. The van der Waals surface area contributed by atoms with Crippen molar-refractivity contribution >= 4 is 34.4 Å². The molecule has 0 amide bonds. The van der Waals surface area contributed by atoms with Gasteiger partial charge in [-0.25, -0.2) is 0 Å². The number of nitrogens with zero attached hydrogens (tertiary/aromatic N) is 1. The fourth-order valence-electron chi connectivity index (χ4n) is 2.24. The summed E-state index contributed by atoms with van der Waals surface area (Å²) in [5.74, 6) is 0. The van der Waals surface area contributed by atoms with Crippen molar-refractivity contribution in [3.05, 3.63) is 51.7 Å². The second-order valence-corrected chi connectivity index (χ2v) is 7.04. The molecule has 0 spiro atoms. The van der Waals surface area contributed by atoms with E-state index in [1.807, 2.05) is 0 Å². The first-order valence-electron chi connectivity index (χ1n) is 7.29. The van der Waals surface area contributed by atoms with Crippen LogP contribution in [0.5, 0.6) is 0 Å². The van der Waals surface area contributed by atoms with Gasteiger partial charge in [0.15, 0.2) is 5.11 Å². The van der Waals surface area contributed by atoms with Gasteiger partial charge in [0.25, 0.3) is 0 Å². The molecule has 2 rings (SSSR count). The topological polar surface area (TPSA) is 27.3 Å². The number of likely N-dealkylation sites (N-methyl/N-ethyl adjacent to an activating group) is 1. The van der Waals surface area contributed by atoms with Crippen LogP contribution in [0.1, 0.15) is 22.0 Å². The summed E-state index contributed by atoms with van der Waals surface area (Å²) in [5.41, 5.74) is 3.48. The summed E-state index contributed by atoms with van der Waals surface area (Å²) in [6.45, 7) is 4.95. The van der Waals surface area contributed by atoms with Crippen LogP contribution < -0.4 is 10.6 Å². The first-order chi connectivity index (χ1) is 10.5. The lowest BCUT2D eigenvalue weighted by molar-refractivity contribution is 0.303. The van der Waals surface area contributed by atoms with Crippen LogP contribution in [0.25, 0.3) is 0 Å². The van der Waals surface area contributed by atoms with Crippen molar-refractivity contribution in [2.45, 2.75) is 19.9 Å². The molecule has 118 valence electrons. The van der Waals surface area contributed by atoms with Crippen LogP contribution in [-0.4, -0.2) is 30.7 Å². The van der Waals surface area contributed by atoms with Gasteiger partial charge in [-0.1, -0.05) is 18.2 Å². The van der Waals surface area contributed by atoms with Crippen LogP contribution >= 0.6 is 23.6 Å². The lowest BCUT2D eigenvalue weighted by atomic mass is 10.1. The van der Waals surface area contributed by atoms with E-state index in [2.05, 4.69) is 79.2 Å². The van der Waals surface area contributed by atoms with Gasteiger partial charge < -0.3 is 15.5 Å². The van der Waals surface area contributed by atoms with Crippen LogP contribution in [0.2, 0.25) is 0 Å². The average Bonchev–Trinajstić information content (AvgIpc) is 2.96. The molecule has 0 bridgehead atoms. The Kier molecular flexibility index (Phi) is 5.94. The minimum atomic E-state index is 0.318. The highest BCUT2D eigenvalue weighted by Crippen LogP contribution is 2.22. The van der Waals surface area contributed by atoms with Crippen molar-refractivity contribution in [1.29, 1.82) is 0 Å². The van der Waals surface area contributed by atoms with Crippen LogP contribution in [-0.2, 0) is 0 Å². The predicted octanol–water partition coefficient (Wildman–Crippen LogP) is 3.95. The quantitative estimate of drug-likeness (QED) is 0.810. The van der Waals surface area contributed by atoms with Crippen LogP contribution in [0.15, 0.2) is 35.7 Å². The Morgan fingerprint density at radius 3 is 2.68 bits per heavy atom. The van der Waals surface area contributed by atoms with E-state index in [0.29, 0.717) is 11.2 Å². The van der Waals surface area contributed by atoms with Crippen LogP contribution in [0.4, 0.5) is 5.69 Å². The third-order valence-corrected chi connectivity index (χ3v) is 4.81. The predicted molar refractivity (Wildman–Crippen MR) is 101 cm³/mol. The molecule has 0 unspecified atom stereocenters. The van der Waals surface area contributed by atoms with Crippen LogP contribution in [0, 0.1) is 13.8 Å². The van der Waals surface area contributed by atoms with Gasteiger partial charge in [-0.3, -0.25) is 0 Å². The van der Waals surface area contributed by atoms with Gasteiger partial charge in [0, 0.05) is 17.1 Å². The number of hydrogen-bond acceptors (Lipinski definition) is 3. The van der Waals surface area contributed by atoms with Gasteiger partial charge in [-0.2, -0.15) is 0 Å². The molecule has 1 atom stereocenters. The minimum absolute atomic E-state index is 0.318. The summed E-state index contributed by atoms with van der Waals surface area (Å²) in [5, 5.41) is 9.40. The number of thiocarbonyl (C=S) groups is 1. The van der Waals surface area contributed by atoms with E-state index >= 15 is 0 Å². The molecule has 0 aliphatic carbocycles. The summed E-state index contributed by atoms with van der Waals surface area (Å²) in [7, 11) is 4.18. The average molecular weight is 334 g/mol. The summed E-state index contributed by atoms with van der Waals surface area (Å²) < 4.78 is 0. The molecule has 1 aromatic carbocycles. The lowest BCUT2D eigenvalue weighted by Crippen LogP contribution is -2.36. The van der Waals surface area contributed by atoms with Crippen molar-refractivity contribution in [3.63, 3.8) is 0 Å². The highest BCUT2D eigenvalue weighted by Gasteiger charge is 2.15. The first kappa shape index (κ1) is 16.9. The number of anilines is 1. The van der Waals surface area contributed by atoms with Crippen molar-refractivity contribution in [1.82, 2.24) is 10.2 Å². The van der Waals surface area contributed by atoms with E-state index in [-0.39, 0.29) is 0 Å². The second-order valence-electron chi connectivity index (χ2n) is 5.65. The zero-order valence-corrected chi connectivity index (χ0v) is 15.1. The van der Waals surface area contributed by atoms with Crippen molar-refractivity contribution < 1.29 is 0 Å². The molecule has 0 aliphatic heterocycles. The molecule has 2 aromatic rings. The molecule has 3 nitrogen and oxygen atoms in total. The summed E-state index contributed by atoms with van der Waals surface area (Å²) in [4.78, 5) is 3.55. The fraction of sp³-hybridized carbons (Fsp3) is 0.353. The lowest BCUT2D eigenvalue weighted by Gasteiger charge is -2.24. The molecule has 22 heavy (non-hydrogen) atoms. The molecular weight excluding hydrogens is 310 g/mol. The summed E-state index contributed by atoms with van der Waals surface area (Å²) in [6, 6.07) is 10.9. The van der Waals surface area contributed by atoms with E-state index < -0.39 is 0 Å². The number of aryl methyl sites for hydroxylation is 2. The summed E-state index contributed by atoms with van der Waals surface area (Å²) >= 11 is 7.21. The van der Waals surface area contributed by atoms with E-state index in [4.69, 9.17) is 12.2 Å². The number of thiophene rings is 1. The SMILES string of the molecule is Cc1ccc(C)c(NC(=S)NC[C@@H](c2cccs2)N(C)C)c1. The normalized spacial score (nSPS) is 12.2. The van der Waals surface area contributed by atoms with Crippen molar-refractivity contribution in [2.75, 3.05) is 26.0 Å². The molecule has 0 saturated heterocycles. The van der Waals surface area contributed by atoms with Crippen molar-refractivity contribution in [2.24, 2.45) is 0 Å². The first-order valence-corrected chi connectivity index (χ1v) is 8.58. The maximum Gasteiger partial charge on any atom is 0.170 e. The number of benzene rings is 1. The van der Waals surface area contributed by atoms with E-state index in [1.165, 1.54) is 16.0 Å². The Morgan fingerprint density at radius 1 is 1.27 bits per heavy atom. The molecule has 0 radical (unpaired) electrons. The summed E-state index contributed by atoms with van der Waals surface area (Å²) in [6.07, 6.45) is 0. The standard InChI is InChI=1S/C17H23N3S2/c1-12-7-8-13(2)14(10-12)19-17(21)18-11-15(20(3)4)16-6-5-9-22-16/h5-10,15H,11H2,1-4H3,(H2,18,19,21)/t15-/m0/s1. The Morgan fingerprint density at radius 2 is 2.05 bits per heavy atom. The van der Waals surface area contributed by atoms with E-state index in [9.17, 15) is 0 Å². The molecule has 2 N–H and O–H groups in total. The zero-order chi connectivity index (χ0) is 16.1. The largest absolute Gasteiger partial charge is 0.360 e. The molecule has 0 aliphatic rings. The third-order valence-electron chi connectivity index (χ3n) is 3.59. The van der Waals surface area contributed by atoms with Gasteiger partial charge in [-0.15, -0.1) is 11.3 Å². The van der Waals surface area contributed by atoms with Crippen LogP contribution in [0.3, 0.4) is 0 Å². The van der Waals surface area contributed by atoms with E-state index in [0.717, 1.165) is 12.2 Å². The number of nitrogens with one attached hydrogen (secondary N) is 2. The highest BCUT2D eigenvalue weighted by molar-refractivity contribution is 7.80. The van der Waals surface area contributed by atoms with Gasteiger partial charge >= 0.3 is 0 Å².